The molecule has 3 rings (SSSR count). The average molecular weight is 554 g/mol. The number of carbonyl (C=O) groups excluding carboxylic acids is 1. The molecule has 8 nitrogen and oxygen atoms in total. The van der Waals surface area contributed by atoms with Gasteiger partial charge in [0.2, 0.25) is 5.91 Å². The quantitative estimate of drug-likeness (QED) is 0.296. The highest BCUT2D eigenvalue weighted by Gasteiger charge is 2.21. The first kappa shape index (κ1) is 25.6. The minimum atomic E-state index is 0. The summed E-state index contributed by atoms with van der Waals surface area (Å²) >= 11 is 0. The number of nitrogens with one attached hydrogen (secondary N) is 2. The van der Waals surface area contributed by atoms with Crippen LogP contribution in [0.5, 0.6) is 17.2 Å². The summed E-state index contributed by atoms with van der Waals surface area (Å²) in [5.74, 6) is 2.86. The Labute approximate surface area is 206 Å². The Balaban J connectivity index is 0.00000363. The molecule has 1 heterocycles. The Morgan fingerprint density at radius 2 is 1.62 bits per heavy atom. The summed E-state index contributed by atoms with van der Waals surface area (Å²) < 4.78 is 16.3. The van der Waals surface area contributed by atoms with E-state index in [0.29, 0.717) is 42.7 Å². The topological polar surface area (TPSA) is 84.4 Å². The van der Waals surface area contributed by atoms with E-state index in [9.17, 15) is 4.79 Å². The Morgan fingerprint density at radius 1 is 1.00 bits per heavy atom. The van der Waals surface area contributed by atoms with Crippen molar-refractivity contribution in [3.05, 3.63) is 47.5 Å². The van der Waals surface area contributed by atoms with Gasteiger partial charge in [-0.25, -0.2) is 0 Å². The van der Waals surface area contributed by atoms with Gasteiger partial charge in [-0.1, -0.05) is 12.1 Å². The number of hydrogen-bond donors (Lipinski definition) is 2. The molecule has 0 bridgehead atoms. The van der Waals surface area contributed by atoms with Crippen LogP contribution in [-0.2, 0) is 17.9 Å². The smallest absolute Gasteiger partial charge is 0.227 e. The maximum absolute atomic E-state index is 11.9. The number of amides is 1. The largest absolute Gasteiger partial charge is 0.496 e. The number of methoxy groups -OCH3 is 3. The number of halogens is 1. The fraction of sp³-hybridized carbons (Fsp3) is 0.391. The van der Waals surface area contributed by atoms with Gasteiger partial charge in [-0.05, 0) is 24.1 Å². The lowest BCUT2D eigenvalue weighted by atomic mass is 10.1. The van der Waals surface area contributed by atoms with E-state index in [1.807, 2.05) is 41.3 Å². The van der Waals surface area contributed by atoms with Crippen LogP contribution >= 0.6 is 24.0 Å². The molecule has 9 heteroatoms. The summed E-state index contributed by atoms with van der Waals surface area (Å²) in [6.07, 6.45) is 1.56. The van der Waals surface area contributed by atoms with Crippen molar-refractivity contribution in [3.63, 3.8) is 0 Å². The standard InChI is InChI=1S/C23H30N4O4.HI/c1-24-23(26-15-19-20(30-3)12-18(29-2)13-21(19)31-4)25-14-16-7-9-17(10-8-16)27-11-5-6-22(27)28;/h7-10,12-13H,5-6,11,14-15H2,1-4H3,(H2,24,25,26);1H. The SMILES string of the molecule is CN=C(NCc1ccc(N2CCCC2=O)cc1)NCc1c(OC)cc(OC)cc1OC.I. The summed E-state index contributed by atoms with van der Waals surface area (Å²) in [5.41, 5.74) is 2.92. The van der Waals surface area contributed by atoms with Crippen LogP contribution in [0.4, 0.5) is 5.69 Å². The van der Waals surface area contributed by atoms with Crippen LogP contribution < -0.4 is 29.7 Å². The molecule has 1 aliphatic rings. The van der Waals surface area contributed by atoms with Crippen molar-refractivity contribution in [2.45, 2.75) is 25.9 Å². The molecule has 2 aromatic rings. The molecule has 32 heavy (non-hydrogen) atoms. The highest BCUT2D eigenvalue weighted by molar-refractivity contribution is 14.0. The lowest BCUT2D eigenvalue weighted by Crippen LogP contribution is -2.36. The summed E-state index contributed by atoms with van der Waals surface area (Å²) in [5, 5.41) is 6.59. The monoisotopic (exact) mass is 554 g/mol. The van der Waals surface area contributed by atoms with Crippen LogP contribution in [0.1, 0.15) is 24.0 Å². The number of anilines is 1. The van der Waals surface area contributed by atoms with Gasteiger partial charge in [0.1, 0.15) is 17.2 Å². The minimum absolute atomic E-state index is 0. The van der Waals surface area contributed by atoms with E-state index >= 15 is 0 Å². The molecule has 0 aromatic heterocycles. The first-order valence-corrected chi connectivity index (χ1v) is 10.2. The number of rotatable bonds is 8. The normalized spacial score (nSPS) is 13.4. The number of nitrogens with zero attached hydrogens (tertiary/aromatic N) is 2. The Kier molecular flexibility index (Phi) is 9.89. The van der Waals surface area contributed by atoms with Crippen LogP contribution in [0.15, 0.2) is 41.4 Å². The van der Waals surface area contributed by atoms with Gasteiger partial charge in [0.15, 0.2) is 5.96 Å². The van der Waals surface area contributed by atoms with Crippen molar-refractivity contribution in [3.8, 4) is 17.2 Å². The lowest BCUT2D eigenvalue weighted by molar-refractivity contribution is -0.117. The lowest BCUT2D eigenvalue weighted by Gasteiger charge is -2.18. The van der Waals surface area contributed by atoms with E-state index in [1.54, 1.807) is 28.4 Å². The second kappa shape index (κ2) is 12.4. The van der Waals surface area contributed by atoms with Crippen molar-refractivity contribution in [2.75, 3.05) is 39.8 Å². The third kappa shape index (κ3) is 6.18. The first-order chi connectivity index (χ1) is 15.1. The maximum atomic E-state index is 11.9. The van der Waals surface area contributed by atoms with Crippen LogP contribution in [0.25, 0.3) is 0 Å². The van der Waals surface area contributed by atoms with Gasteiger partial charge >= 0.3 is 0 Å². The second-order valence-corrected chi connectivity index (χ2v) is 7.11. The fourth-order valence-corrected chi connectivity index (χ4v) is 3.55. The van der Waals surface area contributed by atoms with Gasteiger partial charge in [-0.2, -0.15) is 0 Å². The fourth-order valence-electron chi connectivity index (χ4n) is 3.55. The highest BCUT2D eigenvalue weighted by Crippen LogP contribution is 2.33. The molecule has 1 saturated heterocycles. The molecule has 1 amide bonds. The second-order valence-electron chi connectivity index (χ2n) is 7.11. The van der Waals surface area contributed by atoms with Gasteiger partial charge < -0.3 is 29.7 Å². The van der Waals surface area contributed by atoms with Crippen molar-refractivity contribution in [2.24, 2.45) is 4.99 Å². The first-order valence-electron chi connectivity index (χ1n) is 10.2. The third-order valence-electron chi connectivity index (χ3n) is 5.25. The van der Waals surface area contributed by atoms with E-state index in [4.69, 9.17) is 14.2 Å². The molecule has 2 N–H and O–H groups in total. The number of carbonyl (C=O) groups is 1. The highest BCUT2D eigenvalue weighted by atomic mass is 127. The van der Waals surface area contributed by atoms with Crippen molar-refractivity contribution >= 4 is 41.5 Å². The zero-order valence-electron chi connectivity index (χ0n) is 18.9. The van der Waals surface area contributed by atoms with Gasteiger partial charge in [0.25, 0.3) is 0 Å². The van der Waals surface area contributed by atoms with Gasteiger partial charge in [0, 0.05) is 44.4 Å². The van der Waals surface area contributed by atoms with Gasteiger partial charge in [-0.3, -0.25) is 9.79 Å². The summed E-state index contributed by atoms with van der Waals surface area (Å²) in [6, 6.07) is 11.7. The maximum Gasteiger partial charge on any atom is 0.227 e. The number of hydrogen-bond acceptors (Lipinski definition) is 5. The third-order valence-corrected chi connectivity index (χ3v) is 5.25. The average Bonchev–Trinajstić information content (AvgIpc) is 3.24. The molecule has 174 valence electrons. The Morgan fingerprint density at radius 3 is 2.12 bits per heavy atom. The Bertz CT molecular complexity index is 909. The van der Waals surface area contributed by atoms with E-state index in [0.717, 1.165) is 29.8 Å². The molecule has 2 aromatic carbocycles. The van der Waals surface area contributed by atoms with Crippen LogP contribution in [0.3, 0.4) is 0 Å². The molecule has 0 radical (unpaired) electrons. The van der Waals surface area contributed by atoms with Crippen molar-refractivity contribution in [1.29, 1.82) is 0 Å². The van der Waals surface area contributed by atoms with Crippen LogP contribution in [0, 0.1) is 0 Å². The number of aliphatic imine (C=N–C) groups is 1. The molecular weight excluding hydrogens is 523 g/mol. The van der Waals surface area contributed by atoms with Gasteiger partial charge in [-0.15, -0.1) is 24.0 Å². The predicted molar refractivity (Wildman–Crippen MR) is 137 cm³/mol. The molecule has 1 aliphatic heterocycles. The minimum Gasteiger partial charge on any atom is -0.496 e. The van der Waals surface area contributed by atoms with E-state index in [-0.39, 0.29) is 29.9 Å². The van der Waals surface area contributed by atoms with Crippen LogP contribution in [-0.4, -0.2) is 46.8 Å². The number of ether oxygens (including phenoxy) is 3. The van der Waals surface area contributed by atoms with E-state index in [1.165, 1.54) is 0 Å². The zero-order valence-corrected chi connectivity index (χ0v) is 21.3. The van der Waals surface area contributed by atoms with Crippen LogP contribution in [0.2, 0.25) is 0 Å². The number of guanidine groups is 1. The summed E-state index contributed by atoms with van der Waals surface area (Å²) in [6.45, 7) is 1.86. The Hall–Kier alpha value is -2.69. The molecule has 0 unspecified atom stereocenters. The molecule has 0 spiro atoms. The summed E-state index contributed by atoms with van der Waals surface area (Å²) in [7, 11) is 6.56. The number of benzene rings is 2. The van der Waals surface area contributed by atoms with Crippen molar-refractivity contribution < 1.29 is 19.0 Å². The zero-order chi connectivity index (χ0) is 22.2. The van der Waals surface area contributed by atoms with Gasteiger partial charge in [0.05, 0.1) is 33.4 Å². The molecule has 0 aliphatic carbocycles. The summed E-state index contributed by atoms with van der Waals surface area (Å²) in [4.78, 5) is 18.0. The van der Waals surface area contributed by atoms with E-state index < -0.39 is 0 Å². The molecule has 0 atom stereocenters. The van der Waals surface area contributed by atoms with E-state index in [2.05, 4.69) is 15.6 Å². The molecule has 0 saturated carbocycles. The predicted octanol–water partition coefficient (Wildman–Crippen LogP) is 3.32. The molecule has 1 fully saturated rings. The molecular formula is C23H31IN4O4. The van der Waals surface area contributed by atoms with Crippen molar-refractivity contribution in [1.82, 2.24) is 10.6 Å².